The molecule has 0 aliphatic carbocycles. The van der Waals surface area contributed by atoms with Gasteiger partial charge < -0.3 is 9.11 Å². The summed E-state index contributed by atoms with van der Waals surface area (Å²) in [7, 11) is -5.17. The van der Waals surface area contributed by atoms with Crippen LogP contribution in [-0.4, -0.2) is 17.5 Å². The van der Waals surface area contributed by atoms with Crippen molar-refractivity contribution in [3.8, 4) is 0 Å². The predicted octanol–water partition coefficient (Wildman–Crippen LogP) is -1.34. The van der Waals surface area contributed by atoms with Gasteiger partial charge in [-0.3, -0.25) is 8.42 Å². The van der Waals surface area contributed by atoms with Gasteiger partial charge in [0.05, 0.1) is 0 Å². The molecule has 0 aliphatic heterocycles. The summed E-state index contributed by atoms with van der Waals surface area (Å²) in [5.41, 5.74) is 0. The first-order chi connectivity index (χ1) is 2.00. The number of hydrogen-bond acceptors (Lipinski definition) is 4. The molecule has 0 heterocycles. The monoisotopic (exact) mass is 542 g/mol. The molecule has 7 heavy (non-hydrogen) atoms. The molecule has 0 bridgehead atoms. The Bertz CT molecular complexity index is 92.9. The Hall–Kier alpha value is 3.06. The predicted molar refractivity (Wildman–Crippen MR) is 10.5 cm³/mol. The van der Waals surface area contributed by atoms with Crippen LogP contribution in [-0.2, 0) is 10.4 Å². The van der Waals surface area contributed by atoms with Crippen LogP contribution in [0, 0.1) is 99.7 Å². The molecule has 0 spiro atoms. The fraction of sp³-hybridized carbons (Fsp3) is 0. The Labute approximate surface area is 124 Å². The zero-order chi connectivity index (χ0) is 4.50. The maximum atomic E-state index is 8.52. The Balaban J connectivity index is -0.0000000800. The minimum Gasteiger partial charge on any atom is -0.759 e. The maximum Gasteiger partial charge on any atom is 1.00 e. The van der Waals surface area contributed by atoms with E-state index in [1.165, 1.54) is 0 Å². The molecule has 4 nitrogen and oxygen atoms in total. The zero-order valence-corrected chi connectivity index (χ0v) is 21.3. The molecule has 0 aliphatic rings. The van der Waals surface area contributed by atoms with Crippen molar-refractivity contribution in [2.45, 2.75) is 0 Å². The number of rotatable bonds is 0. The van der Waals surface area contributed by atoms with Gasteiger partial charge in [0.1, 0.15) is 0 Å². The molecule has 0 radical (unpaired) electrons. The molecule has 0 saturated heterocycles. The molecule has 0 aromatic carbocycles. The van der Waals surface area contributed by atoms with Gasteiger partial charge in [-0.1, -0.05) is 0 Å². The molecule has 0 amide bonds. The third-order valence-corrected chi connectivity index (χ3v) is 0. The van der Waals surface area contributed by atoms with E-state index in [-0.39, 0.29) is 99.7 Å². The van der Waals surface area contributed by atoms with Gasteiger partial charge >= 0.3 is 99.7 Å². The molecule has 0 unspecified atom stereocenters. The third-order valence-electron chi connectivity index (χ3n) is 0. The molecule has 0 atom stereocenters. The molecule has 0 saturated carbocycles. The second-order valence-corrected chi connectivity index (χ2v) is 1.22. The van der Waals surface area contributed by atoms with Gasteiger partial charge in [-0.25, -0.2) is 0 Å². The van der Waals surface area contributed by atoms with Crippen LogP contribution in [0.2, 0.25) is 0 Å². The standard InChI is InChI=1S/2Fr.H2O4S/c;;1-5(2,3)4/h;;(H2,1,2,3,4)/q2*+1;/p-2. The number of hydrogen-bond donors (Lipinski definition) is 0. The summed E-state index contributed by atoms with van der Waals surface area (Å²) in [5.74, 6) is 0. The SMILES string of the molecule is O=S(=O)([O-])[O-].[Fr+].[Fr+]. The summed E-state index contributed by atoms with van der Waals surface area (Å²) < 4.78 is 34.1. The Kier molecular flexibility index (Phi) is 17.0. The van der Waals surface area contributed by atoms with Gasteiger partial charge in [0.25, 0.3) is 0 Å². The zero-order valence-electron chi connectivity index (χ0n) is 4.04. The summed E-state index contributed by atoms with van der Waals surface area (Å²) in [6.07, 6.45) is 0. The van der Waals surface area contributed by atoms with E-state index >= 15 is 0 Å². The average Bonchev–Trinajstić information content (AvgIpc) is 0.722. The summed E-state index contributed by atoms with van der Waals surface area (Å²) in [4.78, 5) is 0. The van der Waals surface area contributed by atoms with Crippen LogP contribution in [0.15, 0.2) is 0 Å². The van der Waals surface area contributed by atoms with Crippen LogP contribution in [0.3, 0.4) is 0 Å². The van der Waals surface area contributed by atoms with Gasteiger partial charge in [0.2, 0.25) is 0 Å². The van der Waals surface area contributed by atoms with Gasteiger partial charge in [0.15, 0.2) is 0 Å². The summed E-state index contributed by atoms with van der Waals surface area (Å²) >= 11 is 0. The fourth-order valence-electron chi connectivity index (χ4n) is 0. The molecule has 0 aromatic rings. The average molecular weight is 542 g/mol. The van der Waals surface area contributed by atoms with Crippen molar-refractivity contribution in [1.29, 1.82) is 0 Å². The summed E-state index contributed by atoms with van der Waals surface area (Å²) in [6, 6.07) is 0. The van der Waals surface area contributed by atoms with Gasteiger partial charge in [0, 0.05) is 10.4 Å². The fourth-order valence-corrected chi connectivity index (χ4v) is 0. The molecular weight excluding hydrogens is 542 g/mol. The first-order valence-corrected chi connectivity index (χ1v) is 2.00. The van der Waals surface area contributed by atoms with Crippen LogP contribution in [0.1, 0.15) is 0 Å². The minimum absolute atomic E-state index is 0. The molecular formula is Fr2O4S. The van der Waals surface area contributed by atoms with E-state index in [1.54, 1.807) is 0 Å². The van der Waals surface area contributed by atoms with E-state index in [9.17, 15) is 0 Å². The van der Waals surface area contributed by atoms with Crippen molar-refractivity contribution < 1.29 is 117 Å². The molecule has 0 aromatic heterocycles. The van der Waals surface area contributed by atoms with Crippen molar-refractivity contribution in [3.05, 3.63) is 0 Å². The topological polar surface area (TPSA) is 80.3 Å². The second kappa shape index (κ2) is 7.18. The first kappa shape index (κ1) is 16.6. The first-order valence-electron chi connectivity index (χ1n) is 0.667. The van der Waals surface area contributed by atoms with E-state index in [4.69, 9.17) is 17.5 Å². The maximum absolute atomic E-state index is 8.52. The van der Waals surface area contributed by atoms with E-state index < -0.39 is 10.4 Å². The van der Waals surface area contributed by atoms with Gasteiger partial charge in [-0.05, 0) is 0 Å². The van der Waals surface area contributed by atoms with Crippen LogP contribution < -0.4 is 0 Å². The third kappa shape index (κ3) is 48.2. The molecule has 0 rings (SSSR count). The van der Waals surface area contributed by atoms with E-state index in [1.807, 2.05) is 0 Å². The normalized spacial score (nSPS) is 8.29. The van der Waals surface area contributed by atoms with Gasteiger partial charge in [-0.2, -0.15) is 0 Å². The van der Waals surface area contributed by atoms with Crippen LogP contribution in [0.25, 0.3) is 0 Å². The van der Waals surface area contributed by atoms with Crippen molar-refractivity contribution in [3.63, 3.8) is 0 Å². The Morgan fingerprint density at radius 3 is 1.00 bits per heavy atom. The largest absolute Gasteiger partial charge is 1.00 e. The Morgan fingerprint density at radius 2 is 1.00 bits per heavy atom. The molecule has 7 heteroatoms. The molecule has 0 fully saturated rings. The van der Waals surface area contributed by atoms with Crippen molar-refractivity contribution >= 4 is 10.4 Å². The van der Waals surface area contributed by atoms with Crippen molar-refractivity contribution in [1.82, 2.24) is 0 Å². The summed E-state index contributed by atoms with van der Waals surface area (Å²) in [5, 5.41) is 0. The smallest absolute Gasteiger partial charge is 0.759 e. The van der Waals surface area contributed by atoms with Crippen molar-refractivity contribution in [2.24, 2.45) is 0 Å². The van der Waals surface area contributed by atoms with E-state index in [2.05, 4.69) is 0 Å². The van der Waals surface area contributed by atoms with Crippen LogP contribution >= 0.6 is 0 Å². The second-order valence-electron chi connectivity index (χ2n) is 0.408. The van der Waals surface area contributed by atoms with Crippen LogP contribution in [0.4, 0.5) is 0 Å². The molecule has 0 N–H and O–H groups in total. The Morgan fingerprint density at radius 1 is 1.00 bits per heavy atom. The van der Waals surface area contributed by atoms with Gasteiger partial charge in [-0.15, -0.1) is 0 Å². The quantitative estimate of drug-likeness (QED) is 0.281. The summed E-state index contributed by atoms with van der Waals surface area (Å²) in [6.45, 7) is 0. The van der Waals surface area contributed by atoms with Crippen LogP contribution in [0.5, 0.6) is 0 Å². The molecule has 32 valence electrons. The van der Waals surface area contributed by atoms with Crippen molar-refractivity contribution in [2.75, 3.05) is 0 Å². The minimum atomic E-state index is -5.17. The van der Waals surface area contributed by atoms with E-state index in [0.29, 0.717) is 0 Å². The van der Waals surface area contributed by atoms with E-state index in [0.717, 1.165) is 0 Å².